The predicted octanol–water partition coefficient (Wildman–Crippen LogP) is -0.180. The SMILES string of the molecule is C=CCC.OBO. The summed E-state index contributed by atoms with van der Waals surface area (Å²) in [5.74, 6) is 0. The Labute approximate surface area is 44.8 Å². The normalized spacial score (nSPS) is 5.57. The van der Waals surface area contributed by atoms with Crippen LogP contribution >= 0.6 is 0 Å². The van der Waals surface area contributed by atoms with Crippen LogP contribution in [-0.2, 0) is 0 Å². The van der Waals surface area contributed by atoms with Gasteiger partial charge in [0.25, 0.3) is 0 Å². The highest BCUT2D eigenvalue weighted by Crippen LogP contribution is 1.66. The lowest BCUT2D eigenvalue weighted by Crippen LogP contribution is -1.75. The van der Waals surface area contributed by atoms with Crippen LogP contribution in [0.4, 0.5) is 0 Å². The molecule has 0 rings (SSSR count). The number of hydrogen-bond acceptors (Lipinski definition) is 2. The number of hydrogen-bond donors (Lipinski definition) is 2. The molecule has 42 valence electrons. The van der Waals surface area contributed by atoms with Gasteiger partial charge >= 0.3 is 7.69 Å². The van der Waals surface area contributed by atoms with Crippen molar-refractivity contribution in [1.82, 2.24) is 0 Å². The van der Waals surface area contributed by atoms with E-state index < -0.39 is 7.69 Å². The highest BCUT2D eigenvalue weighted by molar-refractivity contribution is 6.13. The van der Waals surface area contributed by atoms with Crippen LogP contribution in [0.5, 0.6) is 0 Å². The third kappa shape index (κ3) is 151. The van der Waals surface area contributed by atoms with Crippen LogP contribution in [0.15, 0.2) is 12.7 Å². The van der Waals surface area contributed by atoms with E-state index in [9.17, 15) is 0 Å². The van der Waals surface area contributed by atoms with Crippen LogP contribution in [0.1, 0.15) is 13.3 Å². The first kappa shape index (κ1) is 9.87. The zero-order valence-electron chi connectivity index (χ0n) is 4.59. The summed E-state index contributed by atoms with van der Waals surface area (Å²) in [6.45, 7) is 5.54. The molecule has 0 saturated carbocycles. The fourth-order valence-corrected chi connectivity index (χ4v) is 0. The molecule has 0 aromatic heterocycles. The summed E-state index contributed by atoms with van der Waals surface area (Å²) in [5.41, 5.74) is 0. The molecule has 0 heterocycles. The molecule has 0 bridgehead atoms. The highest BCUT2D eigenvalue weighted by atomic mass is 16.4. The molecule has 0 unspecified atom stereocenters. The predicted molar refractivity (Wildman–Crippen MR) is 32.1 cm³/mol. The van der Waals surface area contributed by atoms with Gasteiger partial charge in [0.15, 0.2) is 0 Å². The van der Waals surface area contributed by atoms with Gasteiger partial charge in [0.1, 0.15) is 0 Å². The zero-order valence-corrected chi connectivity index (χ0v) is 4.59. The van der Waals surface area contributed by atoms with Crippen molar-refractivity contribution in [2.45, 2.75) is 13.3 Å². The minimum Gasteiger partial charge on any atom is -0.430 e. The van der Waals surface area contributed by atoms with Gasteiger partial charge < -0.3 is 10.0 Å². The molecule has 0 aromatic carbocycles. The lowest BCUT2D eigenvalue weighted by atomic mass is 10.5. The molecule has 0 spiro atoms. The summed E-state index contributed by atoms with van der Waals surface area (Å²) >= 11 is 0. The van der Waals surface area contributed by atoms with E-state index in [1.165, 1.54) is 0 Å². The van der Waals surface area contributed by atoms with Crippen LogP contribution in [0, 0.1) is 0 Å². The Morgan fingerprint density at radius 1 is 1.71 bits per heavy atom. The van der Waals surface area contributed by atoms with Gasteiger partial charge in [0.05, 0.1) is 0 Å². The Kier molecular flexibility index (Phi) is 24.3. The molecular formula is C4H11BO2. The van der Waals surface area contributed by atoms with E-state index in [1.54, 1.807) is 0 Å². The van der Waals surface area contributed by atoms with Gasteiger partial charge in [-0.1, -0.05) is 13.0 Å². The van der Waals surface area contributed by atoms with Crippen molar-refractivity contribution in [3.05, 3.63) is 12.7 Å². The fourth-order valence-electron chi connectivity index (χ4n) is 0. The van der Waals surface area contributed by atoms with Gasteiger partial charge in [-0.15, -0.1) is 6.58 Å². The van der Waals surface area contributed by atoms with Gasteiger partial charge in [-0.05, 0) is 6.42 Å². The Morgan fingerprint density at radius 3 is 1.86 bits per heavy atom. The molecule has 0 aromatic rings. The van der Waals surface area contributed by atoms with E-state index in [1.807, 2.05) is 6.08 Å². The summed E-state index contributed by atoms with van der Waals surface area (Å²) in [4.78, 5) is 0. The molecule has 0 amide bonds. The summed E-state index contributed by atoms with van der Waals surface area (Å²) < 4.78 is 0. The van der Waals surface area contributed by atoms with Crippen molar-refractivity contribution in [1.29, 1.82) is 0 Å². The summed E-state index contributed by atoms with van der Waals surface area (Å²) in [7, 11) is -0.750. The van der Waals surface area contributed by atoms with Gasteiger partial charge in [-0.25, -0.2) is 0 Å². The molecule has 0 aliphatic rings. The van der Waals surface area contributed by atoms with Crippen LogP contribution < -0.4 is 0 Å². The maximum Gasteiger partial charge on any atom is 0.432 e. The first-order valence-electron chi connectivity index (χ1n) is 2.16. The van der Waals surface area contributed by atoms with Gasteiger partial charge in [0.2, 0.25) is 0 Å². The van der Waals surface area contributed by atoms with E-state index in [-0.39, 0.29) is 0 Å². The summed E-state index contributed by atoms with van der Waals surface area (Å²) in [6.07, 6.45) is 2.96. The molecule has 2 N–H and O–H groups in total. The van der Waals surface area contributed by atoms with Crippen molar-refractivity contribution in [2.75, 3.05) is 0 Å². The van der Waals surface area contributed by atoms with Crippen molar-refractivity contribution in [3.8, 4) is 0 Å². The monoisotopic (exact) mass is 102 g/mol. The Balaban J connectivity index is 0. The van der Waals surface area contributed by atoms with Crippen molar-refractivity contribution in [2.24, 2.45) is 0 Å². The van der Waals surface area contributed by atoms with Gasteiger partial charge in [-0.3, -0.25) is 0 Å². The third-order valence-electron chi connectivity index (χ3n) is 0.289. The molecule has 0 fully saturated rings. The van der Waals surface area contributed by atoms with E-state index in [0.717, 1.165) is 6.42 Å². The zero-order chi connectivity index (χ0) is 6.12. The van der Waals surface area contributed by atoms with Crippen molar-refractivity contribution >= 4 is 7.69 Å². The Morgan fingerprint density at radius 2 is 1.86 bits per heavy atom. The van der Waals surface area contributed by atoms with Crippen LogP contribution in [-0.4, -0.2) is 17.7 Å². The minimum atomic E-state index is -0.750. The fraction of sp³-hybridized carbons (Fsp3) is 0.500. The average molecular weight is 102 g/mol. The molecule has 2 nitrogen and oxygen atoms in total. The summed E-state index contributed by atoms with van der Waals surface area (Å²) in [6, 6.07) is 0. The molecule has 0 atom stereocenters. The smallest absolute Gasteiger partial charge is 0.430 e. The Hall–Kier alpha value is -0.275. The molecular weight excluding hydrogens is 90.9 g/mol. The molecule has 0 aliphatic carbocycles. The van der Waals surface area contributed by atoms with Crippen LogP contribution in [0.2, 0.25) is 0 Å². The first-order chi connectivity index (χ1) is 3.33. The number of allylic oxidation sites excluding steroid dienone is 1. The third-order valence-corrected chi connectivity index (χ3v) is 0.289. The quantitative estimate of drug-likeness (QED) is 0.356. The van der Waals surface area contributed by atoms with Crippen molar-refractivity contribution in [3.63, 3.8) is 0 Å². The standard InChI is InChI=1S/C4H8.BH3O2/c1-3-4-2;2-1-3/h3H,1,4H2,2H3;1-3H. The minimum absolute atomic E-state index is 0.750. The van der Waals surface area contributed by atoms with E-state index in [2.05, 4.69) is 13.5 Å². The van der Waals surface area contributed by atoms with E-state index >= 15 is 0 Å². The van der Waals surface area contributed by atoms with Crippen LogP contribution in [0.25, 0.3) is 0 Å². The molecule has 0 aliphatic heterocycles. The van der Waals surface area contributed by atoms with Crippen LogP contribution in [0.3, 0.4) is 0 Å². The molecule has 0 saturated heterocycles. The second-order valence-corrected chi connectivity index (χ2v) is 0.838. The molecule has 0 radical (unpaired) electrons. The maximum absolute atomic E-state index is 7.12. The largest absolute Gasteiger partial charge is 0.432 e. The second kappa shape index (κ2) is 17.2. The molecule has 7 heavy (non-hydrogen) atoms. The summed E-state index contributed by atoms with van der Waals surface area (Å²) in [5, 5.41) is 14.2. The molecule has 3 heteroatoms. The highest BCUT2D eigenvalue weighted by Gasteiger charge is 1.48. The average Bonchev–Trinajstić information content (AvgIpc) is 1.69. The second-order valence-electron chi connectivity index (χ2n) is 0.838. The Bertz CT molecular complexity index is 30.9. The van der Waals surface area contributed by atoms with Gasteiger partial charge in [0, 0.05) is 0 Å². The lowest BCUT2D eigenvalue weighted by molar-refractivity contribution is 0.448. The van der Waals surface area contributed by atoms with E-state index in [0.29, 0.717) is 0 Å². The maximum atomic E-state index is 7.12. The van der Waals surface area contributed by atoms with E-state index in [4.69, 9.17) is 10.0 Å². The van der Waals surface area contributed by atoms with Crippen molar-refractivity contribution < 1.29 is 10.0 Å². The lowest BCUT2D eigenvalue weighted by Gasteiger charge is -1.57. The van der Waals surface area contributed by atoms with Gasteiger partial charge in [-0.2, -0.15) is 0 Å². The first-order valence-corrected chi connectivity index (χ1v) is 2.16. The number of rotatable bonds is 1. The topological polar surface area (TPSA) is 40.5 Å².